The number of fused-ring (bicyclic) bond motifs is 3. The summed E-state index contributed by atoms with van der Waals surface area (Å²) in [5, 5.41) is 3.46. The number of anilines is 1. The van der Waals surface area contributed by atoms with Gasteiger partial charge in [0.15, 0.2) is 0 Å². The molecule has 0 amide bonds. The van der Waals surface area contributed by atoms with Crippen LogP contribution in [0.15, 0.2) is 18.2 Å². The molecular formula is C12H13NO. The van der Waals surface area contributed by atoms with Gasteiger partial charge in [-0.25, -0.2) is 0 Å². The minimum atomic E-state index is 0.700. The summed E-state index contributed by atoms with van der Waals surface area (Å²) >= 11 is 0. The van der Waals surface area contributed by atoms with Gasteiger partial charge in [0, 0.05) is 17.8 Å². The normalized spacial score (nSPS) is 17.7. The Morgan fingerprint density at radius 3 is 3.29 bits per heavy atom. The Balaban J connectivity index is 2.18. The first-order valence-electron chi connectivity index (χ1n) is 5.14. The molecule has 1 aromatic carbocycles. The maximum atomic E-state index is 5.56. The van der Waals surface area contributed by atoms with Crippen molar-refractivity contribution in [3.63, 3.8) is 0 Å². The number of rotatable bonds is 0. The molecule has 2 heteroatoms. The molecule has 2 heterocycles. The number of benzene rings is 1. The molecule has 14 heavy (non-hydrogen) atoms. The third-order valence-corrected chi connectivity index (χ3v) is 2.84. The van der Waals surface area contributed by atoms with Gasteiger partial charge in [-0.05, 0) is 36.6 Å². The van der Waals surface area contributed by atoms with Crippen molar-refractivity contribution in [1.29, 1.82) is 0 Å². The Bertz CT molecular complexity index is 396. The molecule has 0 bridgehead atoms. The number of nitrogens with one attached hydrogen (secondary N) is 1. The van der Waals surface area contributed by atoms with E-state index in [-0.39, 0.29) is 0 Å². The van der Waals surface area contributed by atoms with Crippen LogP contribution in [0.2, 0.25) is 0 Å². The smallest absolute Gasteiger partial charge is 0.129 e. The summed E-state index contributed by atoms with van der Waals surface area (Å²) in [6.45, 7) is 1.78. The largest absolute Gasteiger partial charge is 0.489 e. The maximum absolute atomic E-state index is 5.56. The van der Waals surface area contributed by atoms with Gasteiger partial charge in [0.25, 0.3) is 0 Å². The molecule has 0 aromatic heterocycles. The molecule has 1 N–H and O–H groups in total. The third kappa shape index (κ3) is 1.10. The van der Waals surface area contributed by atoms with Gasteiger partial charge in [0.2, 0.25) is 0 Å². The van der Waals surface area contributed by atoms with Crippen LogP contribution in [0.3, 0.4) is 0 Å². The minimum Gasteiger partial charge on any atom is -0.489 e. The molecule has 3 rings (SSSR count). The lowest BCUT2D eigenvalue weighted by Gasteiger charge is -2.23. The van der Waals surface area contributed by atoms with E-state index in [2.05, 4.69) is 29.6 Å². The topological polar surface area (TPSA) is 21.3 Å². The summed E-state index contributed by atoms with van der Waals surface area (Å²) in [6.07, 6.45) is 6.65. The van der Waals surface area contributed by atoms with Crippen molar-refractivity contribution >= 4 is 11.8 Å². The quantitative estimate of drug-likeness (QED) is 0.673. The fraction of sp³-hybridized carbons (Fsp3) is 0.333. The molecule has 2 aliphatic heterocycles. The number of aryl methyl sites for hydroxylation is 1. The maximum Gasteiger partial charge on any atom is 0.129 e. The highest BCUT2D eigenvalue weighted by Crippen LogP contribution is 2.35. The van der Waals surface area contributed by atoms with E-state index in [0.29, 0.717) is 6.61 Å². The second-order valence-corrected chi connectivity index (χ2v) is 3.76. The molecule has 2 nitrogen and oxygen atoms in total. The highest BCUT2D eigenvalue weighted by molar-refractivity contribution is 5.76. The Hall–Kier alpha value is -1.44. The molecule has 0 aliphatic carbocycles. The summed E-state index contributed by atoms with van der Waals surface area (Å²) in [5.74, 6) is 1.01. The summed E-state index contributed by atoms with van der Waals surface area (Å²) in [4.78, 5) is 0. The zero-order valence-corrected chi connectivity index (χ0v) is 8.05. The lowest BCUT2D eigenvalue weighted by atomic mass is 9.98. The van der Waals surface area contributed by atoms with E-state index in [4.69, 9.17) is 4.74 Å². The average Bonchev–Trinajstić information content (AvgIpc) is 2.29. The van der Waals surface area contributed by atoms with Crippen molar-refractivity contribution in [3.8, 4) is 5.75 Å². The SMILES string of the molecule is C1=Cc2c(ccc3c2NCCC3)OC1. The Kier molecular flexibility index (Phi) is 1.72. The molecule has 0 spiro atoms. The van der Waals surface area contributed by atoms with Gasteiger partial charge in [-0.15, -0.1) is 0 Å². The summed E-state index contributed by atoms with van der Waals surface area (Å²) in [7, 11) is 0. The molecule has 0 unspecified atom stereocenters. The zero-order valence-electron chi connectivity index (χ0n) is 8.05. The second-order valence-electron chi connectivity index (χ2n) is 3.76. The number of hydrogen-bond donors (Lipinski definition) is 1. The highest BCUT2D eigenvalue weighted by Gasteiger charge is 2.16. The van der Waals surface area contributed by atoms with Crippen LogP contribution in [0, 0.1) is 0 Å². The van der Waals surface area contributed by atoms with Gasteiger partial charge in [0.1, 0.15) is 12.4 Å². The van der Waals surface area contributed by atoms with E-state index in [1.807, 2.05) is 0 Å². The molecule has 0 fully saturated rings. The van der Waals surface area contributed by atoms with Gasteiger partial charge in [-0.2, -0.15) is 0 Å². The van der Waals surface area contributed by atoms with Gasteiger partial charge < -0.3 is 10.1 Å². The summed E-state index contributed by atoms with van der Waals surface area (Å²) in [5.41, 5.74) is 3.93. The molecule has 72 valence electrons. The van der Waals surface area contributed by atoms with Crippen LogP contribution in [-0.2, 0) is 6.42 Å². The van der Waals surface area contributed by atoms with E-state index in [0.717, 1.165) is 12.3 Å². The van der Waals surface area contributed by atoms with E-state index in [1.54, 1.807) is 0 Å². The second kappa shape index (κ2) is 3.05. The molecule has 1 aromatic rings. The van der Waals surface area contributed by atoms with Crippen molar-refractivity contribution in [2.75, 3.05) is 18.5 Å². The van der Waals surface area contributed by atoms with Crippen molar-refractivity contribution < 1.29 is 4.74 Å². The van der Waals surface area contributed by atoms with Crippen molar-refractivity contribution in [3.05, 3.63) is 29.3 Å². The van der Waals surface area contributed by atoms with Crippen LogP contribution in [-0.4, -0.2) is 13.2 Å². The molecular weight excluding hydrogens is 174 g/mol. The lowest BCUT2D eigenvalue weighted by molar-refractivity contribution is 0.358. The number of ether oxygens (including phenoxy) is 1. The summed E-state index contributed by atoms with van der Waals surface area (Å²) in [6, 6.07) is 4.27. The van der Waals surface area contributed by atoms with Crippen LogP contribution < -0.4 is 10.1 Å². The van der Waals surface area contributed by atoms with Crippen LogP contribution in [0.25, 0.3) is 6.08 Å². The van der Waals surface area contributed by atoms with E-state index >= 15 is 0 Å². The van der Waals surface area contributed by atoms with E-state index in [1.165, 1.54) is 29.7 Å². The molecule has 0 saturated heterocycles. The zero-order chi connectivity index (χ0) is 9.38. The van der Waals surface area contributed by atoms with E-state index in [9.17, 15) is 0 Å². The van der Waals surface area contributed by atoms with Gasteiger partial charge in [-0.1, -0.05) is 6.07 Å². The Labute approximate surface area is 83.6 Å². The lowest BCUT2D eigenvalue weighted by Crippen LogP contribution is -2.14. The van der Waals surface area contributed by atoms with Gasteiger partial charge in [0.05, 0.1) is 0 Å². The van der Waals surface area contributed by atoms with E-state index < -0.39 is 0 Å². The molecule has 0 atom stereocenters. The third-order valence-electron chi connectivity index (χ3n) is 2.84. The van der Waals surface area contributed by atoms with Crippen LogP contribution in [0.5, 0.6) is 5.75 Å². The van der Waals surface area contributed by atoms with Crippen LogP contribution in [0.1, 0.15) is 17.5 Å². The standard InChI is InChI=1S/C12H13NO/c1-3-9-5-6-11-10(4-2-8-14-11)12(9)13-7-1/h2,4-6,13H,1,3,7-8H2. The predicted octanol–water partition coefficient (Wildman–Crippen LogP) is 2.45. The first-order valence-corrected chi connectivity index (χ1v) is 5.14. The highest BCUT2D eigenvalue weighted by atomic mass is 16.5. The Morgan fingerprint density at radius 2 is 2.29 bits per heavy atom. The molecule has 2 aliphatic rings. The monoisotopic (exact) mass is 187 g/mol. The Morgan fingerprint density at radius 1 is 1.29 bits per heavy atom. The predicted molar refractivity (Wildman–Crippen MR) is 57.8 cm³/mol. The van der Waals surface area contributed by atoms with Crippen molar-refractivity contribution in [2.45, 2.75) is 12.8 Å². The van der Waals surface area contributed by atoms with Crippen LogP contribution in [0.4, 0.5) is 5.69 Å². The number of hydrogen-bond acceptors (Lipinski definition) is 2. The first-order chi connectivity index (χ1) is 6.95. The minimum absolute atomic E-state index is 0.700. The average molecular weight is 187 g/mol. The molecule has 0 saturated carbocycles. The summed E-state index contributed by atoms with van der Waals surface area (Å²) < 4.78 is 5.56. The fourth-order valence-corrected chi connectivity index (χ4v) is 2.15. The first kappa shape index (κ1) is 7.92. The molecule has 0 radical (unpaired) electrons. The van der Waals surface area contributed by atoms with Crippen molar-refractivity contribution in [1.82, 2.24) is 0 Å². The van der Waals surface area contributed by atoms with Crippen molar-refractivity contribution in [2.24, 2.45) is 0 Å². The van der Waals surface area contributed by atoms with Gasteiger partial charge in [-0.3, -0.25) is 0 Å². The fourth-order valence-electron chi connectivity index (χ4n) is 2.15. The van der Waals surface area contributed by atoms with Crippen LogP contribution >= 0.6 is 0 Å². The van der Waals surface area contributed by atoms with Gasteiger partial charge >= 0.3 is 0 Å².